The first kappa shape index (κ1) is 23.8. The number of nitrogens with zero attached hydrogens (tertiary/aromatic N) is 2. The number of anilines is 3. The molecule has 180 valence electrons. The number of benzene rings is 3. The Hall–Kier alpha value is -4.30. The topological polar surface area (TPSA) is 101 Å². The number of fused-ring (bicyclic) bond motifs is 1. The molecule has 0 fully saturated rings. The second kappa shape index (κ2) is 10.8. The van der Waals surface area contributed by atoms with Crippen molar-refractivity contribution in [1.29, 1.82) is 0 Å². The second-order valence-corrected chi connectivity index (χ2v) is 8.37. The monoisotopic (exact) mass is 472 g/mol. The summed E-state index contributed by atoms with van der Waals surface area (Å²) in [5.74, 6) is 0.793. The maximum absolute atomic E-state index is 12.5. The molecule has 0 bridgehead atoms. The summed E-state index contributed by atoms with van der Waals surface area (Å²) in [7, 11) is 3.99. The van der Waals surface area contributed by atoms with Crippen LogP contribution < -0.4 is 20.7 Å². The van der Waals surface area contributed by atoms with Gasteiger partial charge in [0.2, 0.25) is 12.3 Å². The van der Waals surface area contributed by atoms with Gasteiger partial charge < -0.3 is 25.1 Å². The number of hydrogen-bond acceptors (Lipinski definition) is 6. The van der Waals surface area contributed by atoms with Gasteiger partial charge in [0.1, 0.15) is 17.9 Å². The molecule has 35 heavy (non-hydrogen) atoms. The highest BCUT2D eigenvalue weighted by molar-refractivity contribution is 6.05. The van der Waals surface area contributed by atoms with Crippen LogP contribution in [0, 0.1) is 0 Å². The average molecular weight is 473 g/mol. The lowest BCUT2D eigenvalue weighted by Crippen LogP contribution is -2.26. The first-order valence-electron chi connectivity index (χ1n) is 11.2. The highest BCUT2D eigenvalue weighted by atomic mass is 16.5. The molecule has 1 aromatic heterocycles. The van der Waals surface area contributed by atoms with E-state index in [0.717, 1.165) is 29.5 Å². The summed E-state index contributed by atoms with van der Waals surface area (Å²) in [5, 5.41) is 3.73. The summed E-state index contributed by atoms with van der Waals surface area (Å²) >= 11 is 0. The molecule has 0 radical (unpaired) electrons. The molecule has 0 atom stereocenters. The molecule has 0 aliphatic rings. The van der Waals surface area contributed by atoms with Gasteiger partial charge in [-0.2, -0.15) is 0 Å². The van der Waals surface area contributed by atoms with Crippen molar-refractivity contribution >= 4 is 40.5 Å². The number of amides is 2. The van der Waals surface area contributed by atoms with Crippen molar-refractivity contribution < 1.29 is 18.7 Å². The first-order valence-corrected chi connectivity index (χ1v) is 11.2. The molecule has 0 unspecified atom stereocenters. The molecule has 0 saturated heterocycles. The van der Waals surface area contributed by atoms with E-state index in [-0.39, 0.29) is 12.5 Å². The SMILES string of the molecule is CN(C)Cc1cccc2cc(N(C=O)CCOc3ccc(C(=O)Nc4ccccc4N)cc3)oc12. The van der Waals surface area contributed by atoms with Gasteiger partial charge in [-0.1, -0.05) is 30.3 Å². The number of rotatable bonds is 10. The van der Waals surface area contributed by atoms with E-state index in [4.69, 9.17) is 14.9 Å². The minimum absolute atomic E-state index is 0.256. The molecule has 0 spiro atoms. The number of carbonyl (C=O) groups is 2. The molecule has 4 aromatic rings. The van der Waals surface area contributed by atoms with Crippen LogP contribution in [-0.2, 0) is 11.3 Å². The lowest BCUT2D eigenvalue weighted by Gasteiger charge is -2.15. The summed E-state index contributed by atoms with van der Waals surface area (Å²) in [6.45, 7) is 1.30. The molecule has 0 saturated carbocycles. The van der Waals surface area contributed by atoms with Gasteiger partial charge >= 0.3 is 0 Å². The van der Waals surface area contributed by atoms with Crippen LogP contribution in [0.5, 0.6) is 5.75 Å². The van der Waals surface area contributed by atoms with Gasteiger partial charge in [-0.25, -0.2) is 0 Å². The fraction of sp³-hybridized carbons (Fsp3) is 0.185. The number of para-hydroxylation sites is 3. The molecule has 0 aliphatic heterocycles. The van der Waals surface area contributed by atoms with Crippen molar-refractivity contribution in [2.75, 3.05) is 43.2 Å². The van der Waals surface area contributed by atoms with E-state index in [1.807, 2.05) is 38.4 Å². The molecule has 3 aromatic carbocycles. The van der Waals surface area contributed by atoms with Gasteiger partial charge in [0.15, 0.2) is 0 Å². The lowest BCUT2D eigenvalue weighted by molar-refractivity contribution is -0.107. The highest BCUT2D eigenvalue weighted by Gasteiger charge is 2.14. The van der Waals surface area contributed by atoms with Gasteiger partial charge in [-0.05, 0) is 50.5 Å². The minimum Gasteiger partial charge on any atom is -0.492 e. The second-order valence-electron chi connectivity index (χ2n) is 8.37. The third kappa shape index (κ3) is 5.80. The summed E-state index contributed by atoms with van der Waals surface area (Å²) in [5.41, 5.74) is 9.25. The first-order chi connectivity index (χ1) is 16.9. The summed E-state index contributed by atoms with van der Waals surface area (Å²) in [6.07, 6.45) is 0.732. The van der Waals surface area contributed by atoms with Crippen LogP contribution in [0.15, 0.2) is 77.2 Å². The predicted octanol–water partition coefficient (Wildman–Crippen LogP) is 4.37. The lowest BCUT2D eigenvalue weighted by atomic mass is 10.1. The quantitative estimate of drug-likeness (QED) is 0.263. The van der Waals surface area contributed by atoms with Crippen LogP contribution in [-0.4, -0.2) is 44.5 Å². The number of ether oxygens (including phenoxy) is 1. The van der Waals surface area contributed by atoms with Crippen LogP contribution >= 0.6 is 0 Å². The van der Waals surface area contributed by atoms with E-state index in [2.05, 4.69) is 10.2 Å². The van der Waals surface area contributed by atoms with Crippen LogP contribution in [0.3, 0.4) is 0 Å². The van der Waals surface area contributed by atoms with E-state index in [0.29, 0.717) is 35.1 Å². The Labute approximate surface area is 203 Å². The Bertz CT molecular complexity index is 1310. The molecule has 4 rings (SSSR count). The van der Waals surface area contributed by atoms with Crippen molar-refractivity contribution in [3.05, 3.63) is 83.9 Å². The third-order valence-corrected chi connectivity index (χ3v) is 5.44. The molecule has 8 heteroatoms. The van der Waals surface area contributed by atoms with Gasteiger partial charge in [0.05, 0.1) is 17.9 Å². The summed E-state index contributed by atoms with van der Waals surface area (Å²) in [6, 6.07) is 21.7. The molecular weight excluding hydrogens is 444 g/mol. The van der Waals surface area contributed by atoms with Gasteiger partial charge in [0.25, 0.3) is 5.91 Å². The standard InChI is InChI=1S/C27H28N4O4/c1-30(2)17-21-7-5-6-20-16-25(35-26(20)21)31(18-32)14-15-34-22-12-10-19(11-13-22)27(33)29-24-9-4-3-8-23(24)28/h3-13,16,18H,14-15,17,28H2,1-2H3,(H,29,33). The Morgan fingerprint density at radius 3 is 2.54 bits per heavy atom. The molecular formula is C27H28N4O4. The molecule has 2 amide bonds. The molecule has 0 aliphatic carbocycles. The highest BCUT2D eigenvalue weighted by Crippen LogP contribution is 2.29. The normalized spacial score (nSPS) is 10.9. The largest absolute Gasteiger partial charge is 0.492 e. The zero-order valence-corrected chi connectivity index (χ0v) is 19.7. The zero-order valence-electron chi connectivity index (χ0n) is 19.7. The fourth-order valence-electron chi connectivity index (χ4n) is 3.70. The number of hydrogen-bond donors (Lipinski definition) is 2. The zero-order chi connectivity index (χ0) is 24.8. The minimum atomic E-state index is -0.264. The number of furan rings is 1. The van der Waals surface area contributed by atoms with Crippen molar-refractivity contribution in [2.45, 2.75) is 6.54 Å². The van der Waals surface area contributed by atoms with Crippen LogP contribution in [0.1, 0.15) is 15.9 Å². The molecule has 3 N–H and O–H groups in total. The van der Waals surface area contributed by atoms with Crippen LogP contribution in [0.4, 0.5) is 17.3 Å². The number of nitrogens with two attached hydrogens (primary N) is 1. The Balaban J connectivity index is 1.35. The number of carbonyl (C=O) groups excluding carboxylic acids is 2. The fourth-order valence-corrected chi connectivity index (χ4v) is 3.70. The van der Waals surface area contributed by atoms with E-state index in [1.54, 1.807) is 48.5 Å². The molecule has 1 heterocycles. The van der Waals surface area contributed by atoms with Gasteiger partial charge in [-0.15, -0.1) is 0 Å². The smallest absolute Gasteiger partial charge is 0.255 e. The van der Waals surface area contributed by atoms with Gasteiger partial charge in [0, 0.05) is 29.1 Å². The number of nitrogen functional groups attached to an aromatic ring is 1. The van der Waals surface area contributed by atoms with E-state index >= 15 is 0 Å². The average Bonchev–Trinajstić information content (AvgIpc) is 3.28. The maximum Gasteiger partial charge on any atom is 0.255 e. The van der Waals surface area contributed by atoms with Crippen LogP contribution in [0.25, 0.3) is 11.0 Å². The third-order valence-electron chi connectivity index (χ3n) is 5.44. The Morgan fingerprint density at radius 1 is 1.06 bits per heavy atom. The summed E-state index contributed by atoms with van der Waals surface area (Å²) in [4.78, 5) is 27.7. The Morgan fingerprint density at radius 2 is 1.83 bits per heavy atom. The maximum atomic E-state index is 12.5. The van der Waals surface area contributed by atoms with Crippen molar-refractivity contribution in [3.8, 4) is 5.75 Å². The Kier molecular flexibility index (Phi) is 7.32. The van der Waals surface area contributed by atoms with Crippen LogP contribution in [0.2, 0.25) is 0 Å². The van der Waals surface area contributed by atoms with E-state index < -0.39 is 0 Å². The van der Waals surface area contributed by atoms with E-state index in [1.165, 1.54) is 4.90 Å². The molecule has 8 nitrogen and oxygen atoms in total. The predicted molar refractivity (Wildman–Crippen MR) is 138 cm³/mol. The van der Waals surface area contributed by atoms with Gasteiger partial charge in [-0.3, -0.25) is 14.5 Å². The summed E-state index contributed by atoms with van der Waals surface area (Å²) < 4.78 is 11.8. The van der Waals surface area contributed by atoms with E-state index in [9.17, 15) is 9.59 Å². The van der Waals surface area contributed by atoms with Crippen molar-refractivity contribution in [1.82, 2.24) is 4.90 Å². The van der Waals surface area contributed by atoms with Crippen molar-refractivity contribution in [3.63, 3.8) is 0 Å². The van der Waals surface area contributed by atoms with Crippen molar-refractivity contribution in [2.24, 2.45) is 0 Å². The number of nitrogens with one attached hydrogen (secondary N) is 1.